The van der Waals surface area contributed by atoms with Gasteiger partial charge in [-0.15, -0.1) is 10.2 Å². The number of nitrogens with zero attached hydrogens (tertiary/aromatic N) is 5. The Hall–Kier alpha value is -3.79. The van der Waals surface area contributed by atoms with Gasteiger partial charge in [-0.2, -0.15) is 5.26 Å². The SMILES string of the molecule is COc1cccc(F)c1CCc1ccc(-c2cc(C#N)cnc2C)c2nncn12. The van der Waals surface area contributed by atoms with E-state index in [4.69, 9.17) is 4.74 Å². The van der Waals surface area contributed by atoms with Crippen molar-refractivity contribution >= 4 is 5.65 Å². The lowest BCUT2D eigenvalue weighted by Crippen LogP contribution is -2.03. The second-order valence-electron chi connectivity index (χ2n) is 6.65. The van der Waals surface area contributed by atoms with E-state index in [0.29, 0.717) is 35.4 Å². The molecule has 7 heteroatoms. The first kappa shape index (κ1) is 18.6. The Bertz CT molecular complexity index is 1240. The van der Waals surface area contributed by atoms with Crippen molar-refractivity contribution in [3.63, 3.8) is 0 Å². The molecule has 6 nitrogen and oxygen atoms in total. The van der Waals surface area contributed by atoms with Gasteiger partial charge in [0, 0.05) is 34.3 Å². The molecule has 4 aromatic rings. The van der Waals surface area contributed by atoms with Crippen molar-refractivity contribution in [3.8, 4) is 22.9 Å². The maximum Gasteiger partial charge on any atom is 0.168 e. The number of hydrogen-bond acceptors (Lipinski definition) is 5. The predicted octanol–water partition coefficient (Wildman–Crippen LogP) is 3.90. The van der Waals surface area contributed by atoms with Gasteiger partial charge in [0.1, 0.15) is 24.0 Å². The second-order valence-corrected chi connectivity index (χ2v) is 6.65. The molecular formula is C22H18FN5O. The average Bonchev–Trinajstić information content (AvgIpc) is 3.23. The molecule has 4 rings (SSSR count). The van der Waals surface area contributed by atoms with Crippen LogP contribution in [0.2, 0.25) is 0 Å². The molecule has 0 aliphatic heterocycles. The van der Waals surface area contributed by atoms with Crippen LogP contribution in [-0.2, 0) is 12.8 Å². The van der Waals surface area contributed by atoms with Crippen molar-refractivity contribution < 1.29 is 9.13 Å². The highest BCUT2D eigenvalue weighted by atomic mass is 19.1. The summed E-state index contributed by atoms with van der Waals surface area (Å²) in [5.41, 5.74) is 5.13. The maximum absolute atomic E-state index is 14.3. The highest BCUT2D eigenvalue weighted by Gasteiger charge is 2.15. The monoisotopic (exact) mass is 387 g/mol. The summed E-state index contributed by atoms with van der Waals surface area (Å²) in [5.74, 6) is 0.257. The highest BCUT2D eigenvalue weighted by Crippen LogP contribution is 2.28. The minimum Gasteiger partial charge on any atom is -0.496 e. The van der Waals surface area contributed by atoms with Gasteiger partial charge < -0.3 is 4.74 Å². The van der Waals surface area contributed by atoms with Gasteiger partial charge in [-0.05, 0) is 50.1 Å². The van der Waals surface area contributed by atoms with Gasteiger partial charge in [0.2, 0.25) is 0 Å². The van der Waals surface area contributed by atoms with Crippen molar-refractivity contribution in [2.75, 3.05) is 7.11 Å². The molecule has 0 saturated heterocycles. The summed E-state index contributed by atoms with van der Waals surface area (Å²) in [6.45, 7) is 1.89. The first-order valence-electron chi connectivity index (χ1n) is 9.12. The van der Waals surface area contributed by atoms with Gasteiger partial charge >= 0.3 is 0 Å². The third kappa shape index (κ3) is 3.41. The molecule has 0 aliphatic rings. The summed E-state index contributed by atoms with van der Waals surface area (Å²) in [5, 5.41) is 17.5. The number of pyridine rings is 2. The number of benzene rings is 1. The number of aryl methyl sites for hydroxylation is 2. The van der Waals surface area contributed by atoms with Gasteiger partial charge in [-0.25, -0.2) is 4.39 Å². The van der Waals surface area contributed by atoms with E-state index in [2.05, 4.69) is 21.3 Å². The van der Waals surface area contributed by atoms with Crippen LogP contribution >= 0.6 is 0 Å². The normalized spacial score (nSPS) is 10.8. The van der Waals surface area contributed by atoms with Crippen molar-refractivity contribution in [2.45, 2.75) is 19.8 Å². The van der Waals surface area contributed by atoms with Gasteiger partial charge in [0.05, 0.1) is 12.7 Å². The molecule has 3 aromatic heterocycles. The Morgan fingerprint density at radius 2 is 2.03 bits per heavy atom. The molecule has 0 saturated carbocycles. The summed E-state index contributed by atoms with van der Waals surface area (Å²) in [4.78, 5) is 4.31. The number of ether oxygens (including phenoxy) is 1. The van der Waals surface area contributed by atoms with E-state index in [0.717, 1.165) is 22.5 Å². The second kappa shape index (κ2) is 7.68. The Balaban J connectivity index is 1.73. The number of methoxy groups -OCH3 is 1. The van der Waals surface area contributed by atoms with Crippen LogP contribution in [-0.4, -0.2) is 26.7 Å². The van der Waals surface area contributed by atoms with Crippen LogP contribution in [0.3, 0.4) is 0 Å². The molecule has 0 fully saturated rings. The quantitative estimate of drug-likeness (QED) is 0.519. The predicted molar refractivity (Wildman–Crippen MR) is 106 cm³/mol. The van der Waals surface area contributed by atoms with Gasteiger partial charge in [-0.1, -0.05) is 6.07 Å². The van der Waals surface area contributed by atoms with Crippen LogP contribution in [0.4, 0.5) is 4.39 Å². The van der Waals surface area contributed by atoms with Gasteiger partial charge in [0.25, 0.3) is 0 Å². The Morgan fingerprint density at radius 1 is 1.17 bits per heavy atom. The molecule has 0 spiro atoms. The standard InChI is InChI=1S/C22H18FN5O/c1-14-19(10-15(11-24)12-25-14)17-8-6-16(28-13-26-27-22(17)28)7-9-18-20(23)4-3-5-21(18)29-2/h3-6,8,10,12-13H,7,9H2,1-2H3. The molecule has 0 amide bonds. The van der Waals surface area contributed by atoms with Gasteiger partial charge in [-0.3, -0.25) is 9.38 Å². The Morgan fingerprint density at radius 3 is 2.83 bits per heavy atom. The Kier molecular flexibility index (Phi) is 4.92. The fraction of sp³-hybridized carbons (Fsp3) is 0.182. The number of aromatic nitrogens is 4. The lowest BCUT2D eigenvalue weighted by Gasteiger charge is -2.12. The molecule has 29 heavy (non-hydrogen) atoms. The van der Waals surface area contributed by atoms with E-state index in [1.165, 1.54) is 13.2 Å². The van der Waals surface area contributed by atoms with Crippen molar-refractivity contribution in [2.24, 2.45) is 0 Å². The zero-order valence-electron chi connectivity index (χ0n) is 16.1. The number of fused-ring (bicyclic) bond motifs is 1. The van der Waals surface area contributed by atoms with E-state index < -0.39 is 0 Å². The topological polar surface area (TPSA) is 76.1 Å². The fourth-order valence-corrected chi connectivity index (χ4v) is 3.47. The summed E-state index contributed by atoms with van der Waals surface area (Å²) in [6, 6.07) is 12.7. The number of halogens is 1. The molecule has 3 heterocycles. The van der Waals surface area contributed by atoms with E-state index in [9.17, 15) is 9.65 Å². The lowest BCUT2D eigenvalue weighted by atomic mass is 10.0. The molecule has 0 aliphatic carbocycles. The average molecular weight is 387 g/mol. The van der Waals surface area contributed by atoms with Gasteiger partial charge in [0.15, 0.2) is 5.65 Å². The smallest absolute Gasteiger partial charge is 0.168 e. The van der Waals surface area contributed by atoms with Crippen molar-refractivity contribution in [1.29, 1.82) is 5.26 Å². The van der Waals surface area contributed by atoms with E-state index in [-0.39, 0.29) is 5.82 Å². The number of rotatable bonds is 5. The van der Waals surface area contributed by atoms with Crippen molar-refractivity contribution in [3.05, 3.63) is 77.3 Å². The molecule has 1 aromatic carbocycles. The Labute approximate surface area is 167 Å². The van der Waals surface area contributed by atoms with E-state index >= 15 is 0 Å². The first-order valence-corrected chi connectivity index (χ1v) is 9.12. The molecular weight excluding hydrogens is 369 g/mol. The molecule has 0 unspecified atom stereocenters. The number of nitriles is 1. The van der Waals surface area contributed by atoms with Crippen LogP contribution in [0.5, 0.6) is 5.75 Å². The summed E-state index contributed by atoms with van der Waals surface area (Å²) >= 11 is 0. The third-order valence-electron chi connectivity index (χ3n) is 4.97. The highest BCUT2D eigenvalue weighted by molar-refractivity contribution is 5.79. The summed E-state index contributed by atoms with van der Waals surface area (Å²) < 4.78 is 21.4. The minimum absolute atomic E-state index is 0.281. The molecule has 144 valence electrons. The number of hydrogen-bond donors (Lipinski definition) is 0. The van der Waals surface area contributed by atoms with E-state index in [1.807, 2.05) is 23.5 Å². The van der Waals surface area contributed by atoms with Crippen LogP contribution in [0, 0.1) is 24.1 Å². The summed E-state index contributed by atoms with van der Waals surface area (Å²) in [6.07, 6.45) is 4.26. The first-order chi connectivity index (χ1) is 14.1. The fourth-order valence-electron chi connectivity index (χ4n) is 3.47. The zero-order valence-corrected chi connectivity index (χ0v) is 16.1. The van der Waals surface area contributed by atoms with E-state index in [1.54, 1.807) is 30.7 Å². The van der Waals surface area contributed by atoms with Crippen LogP contribution in [0.1, 0.15) is 22.5 Å². The van der Waals surface area contributed by atoms with Crippen LogP contribution in [0.15, 0.2) is 48.9 Å². The van der Waals surface area contributed by atoms with Crippen LogP contribution in [0.25, 0.3) is 16.8 Å². The molecule has 0 radical (unpaired) electrons. The third-order valence-corrected chi connectivity index (χ3v) is 4.97. The molecule has 0 atom stereocenters. The van der Waals surface area contributed by atoms with Crippen molar-refractivity contribution in [1.82, 2.24) is 19.6 Å². The maximum atomic E-state index is 14.3. The molecule has 0 bridgehead atoms. The largest absolute Gasteiger partial charge is 0.496 e. The lowest BCUT2D eigenvalue weighted by molar-refractivity contribution is 0.404. The minimum atomic E-state index is -0.281. The molecule has 0 N–H and O–H groups in total. The zero-order chi connectivity index (χ0) is 20.4. The summed E-state index contributed by atoms with van der Waals surface area (Å²) in [7, 11) is 1.54. The van der Waals surface area contributed by atoms with Crippen LogP contribution < -0.4 is 4.74 Å².